The molecule has 21 heavy (non-hydrogen) atoms. The van der Waals surface area contributed by atoms with Crippen LogP contribution in [0.5, 0.6) is 5.75 Å². The van der Waals surface area contributed by atoms with Gasteiger partial charge < -0.3 is 4.74 Å². The van der Waals surface area contributed by atoms with Gasteiger partial charge in [-0.15, -0.1) is 0 Å². The second-order valence-electron chi connectivity index (χ2n) is 4.68. The lowest BCUT2D eigenvalue weighted by atomic mass is 9.99. The number of hydrazine groups is 1. The molecule has 1 atom stereocenters. The molecule has 0 saturated heterocycles. The highest BCUT2D eigenvalue weighted by molar-refractivity contribution is 9.10. The quantitative estimate of drug-likeness (QED) is 0.584. The van der Waals surface area contributed by atoms with Gasteiger partial charge in [0.1, 0.15) is 5.75 Å². The molecule has 0 heterocycles. The third-order valence-electron chi connectivity index (χ3n) is 3.13. The maximum atomic E-state index is 6.30. The third kappa shape index (κ3) is 4.20. The van der Waals surface area contributed by atoms with E-state index >= 15 is 0 Å². The average molecular weight is 370 g/mol. The van der Waals surface area contributed by atoms with Gasteiger partial charge in [0.2, 0.25) is 0 Å². The second-order valence-corrected chi connectivity index (χ2v) is 6.01. The first kappa shape index (κ1) is 16.3. The van der Waals surface area contributed by atoms with Crippen LogP contribution in [0.3, 0.4) is 0 Å². The van der Waals surface area contributed by atoms with E-state index in [1.54, 1.807) is 0 Å². The first-order valence-electron chi connectivity index (χ1n) is 6.79. The summed E-state index contributed by atoms with van der Waals surface area (Å²) >= 11 is 9.71. The number of nitrogens with two attached hydrogens (primary N) is 1. The molecular weight excluding hydrogens is 352 g/mol. The normalized spacial score (nSPS) is 12.2. The van der Waals surface area contributed by atoms with Gasteiger partial charge >= 0.3 is 0 Å². The van der Waals surface area contributed by atoms with E-state index in [0.717, 1.165) is 34.4 Å². The lowest BCUT2D eigenvalue weighted by molar-refractivity contribution is 0.317. The van der Waals surface area contributed by atoms with Crippen molar-refractivity contribution < 1.29 is 4.74 Å². The number of nitrogens with one attached hydrogen (secondary N) is 1. The molecule has 2 rings (SSSR count). The van der Waals surface area contributed by atoms with Gasteiger partial charge in [-0.05, 0) is 41.8 Å². The molecule has 2 aromatic carbocycles. The minimum absolute atomic E-state index is 0.161. The van der Waals surface area contributed by atoms with Crippen molar-refractivity contribution in [1.29, 1.82) is 0 Å². The van der Waals surface area contributed by atoms with Crippen molar-refractivity contribution in [3.63, 3.8) is 0 Å². The van der Waals surface area contributed by atoms with Gasteiger partial charge in [0.25, 0.3) is 0 Å². The summed E-state index contributed by atoms with van der Waals surface area (Å²) in [5.74, 6) is 6.57. The Labute approximate surface area is 138 Å². The van der Waals surface area contributed by atoms with Crippen LogP contribution in [0.25, 0.3) is 0 Å². The molecule has 1 unspecified atom stereocenters. The van der Waals surface area contributed by atoms with Crippen LogP contribution in [0.15, 0.2) is 46.9 Å². The van der Waals surface area contributed by atoms with Gasteiger partial charge in [0.15, 0.2) is 0 Å². The van der Waals surface area contributed by atoms with Gasteiger partial charge in [-0.25, -0.2) is 5.43 Å². The van der Waals surface area contributed by atoms with Crippen LogP contribution in [0.1, 0.15) is 30.5 Å². The van der Waals surface area contributed by atoms with Crippen LogP contribution >= 0.6 is 27.5 Å². The smallest absolute Gasteiger partial charge is 0.119 e. The maximum Gasteiger partial charge on any atom is 0.119 e. The van der Waals surface area contributed by atoms with Crippen LogP contribution in [-0.2, 0) is 0 Å². The van der Waals surface area contributed by atoms with Gasteiger partial charge in [-0.1, -0.05) is 52.7 Å². The molecule has 0 spiro atoms. The van der Waals surface area contributed by atoms with E-state index in [2.05, 4.69) is 28.3 Å². The van der Waals surface area contributed by atoms with Crippen LogP contribution < -0.4 is 16.0 Å². The summed E-state index contributed by atoms with van der Waals surface area (Å²) in [7, 11) is 0. The molecule has 3 nitrogen and oxygen atoms in total. The van der Waals surface area contributed by atoms with Crippen molar-refractivity contribution in [3.8, 4) is 5.75 Å². The summed E-state index contributed by atoms with van der Waals surface area (Å²) in [5.41, 5.74) is 4.78. The topological polar surface area (TPSA) is 47.3 Å². The fourth-order valence-corrected chi connectivity index (χ4v) is 2.86. The molecule has 112 valence electrons. The number of hydrogen-bond donors (Lipinski definition) is 2. The van der Waals surface area contributed by atoms with Gasteiger partial charge in [0.05, 0.1) is 12.6 Å². The predicted octanol–water partition coefficient (Wildman–Crippen LogP) is 4.44. The van der Waals surface area contributed by atoms with Gasteiger partial charge in [-0.3, -0.25) is 5.84 Å². The summed E-state index contributed by atoms with van der Waals surface area (Å²) in [4.78, 5) is 0. The Morgan fingerprint density at radius 1 is 1.24 bits per heavy atom. The fourth-order valence-electron chi connectivity index (χ4n) is 2.08. The van der Waals surface area contributed by atoms with E-state index in [9.17, 15) is 0 Å². The average Bonchev–Trinajstić information content (AvgIpc) is 2.49. The summed E-state index contributed by atoms with van der Waals surface area (Å²) in [6.07, 6.45) is 0.989. The van der Waals surface area contributed by atoms with Crippen LogP contribution in [0, 0.1) is 0 Å². The summed E-state index contributed by atoms with van der Waals surface area (Å²) in [6.45, 7) is 2.80. The predicted molar refractivity (Wildman–Crippen MR) is 90.5 cm³/mol. The van der Waals surface area contributed by atoms with E-state index in [1.165, 1.54) is 0 Å². The lowest BCUT2D eigenvalue weighted by Crippen LogP contribution is -2.29. The van der Waals surface area contributed by atoms with E-state index in [0.29, 0.717) is 5.02 Å². The van der Waals surface area contributed by atoms with E-state index in [4.69, 9.17) is 22.2 Å². The Balaban J connectivity index is 2.24. The van der Waals surface area contributed by atoms with Crippen LogP contribution in [0.4, 0.5) is 0 Å². The Bertz CT molecular complexity index is 589. The zero-order valence-electron chi connectivity index (χ0n) is 11.8. The van der Waals surface area contributed by atoms with Crippen molar-refractivity contribution >= 4 is 27.5 Å². The summed E-state index contributed by atoms with van der Waals surface area (Å²) in [5, 5.41) is 0.665. The molecule has 0 bridgehead atoms. The monoisotopic (exact) mass is 368 g/mol. The fraction of sp³-hybridized carbons (Fsp3) is 0.250. The molecule has 0 saturated carbocycles. The van der Waals surface area contributed by atoms with Crippen molar-refractivity contribution in [3.05, 3.63) is 63.1 Å². The first-order chi connectivity index (χ1) is 10.2. The number of ether oxygens (including phenoxy) is 1. The van der Waals surface area contributed by atoms with Crippen molar-refractivity contribution in [2.75, 3.05) is 6.61 Å². The molecule has 0 aromatic heterocycles. The molecule has 0 aliphatic carbocycles. The minimum atomic E-state index is -0.161. The number of halogens is 2. The van der Waals surface area contributed by atoms with Crippen molar-refractivity contribution in [2.45, 2.75) is 19.4 Å². The highest BCUT2D eigenvalue weighted by Crippen LogP contribution is 2.30. The Morgan fingerprint density at radius 3 is 2.52 bits per heavy atom. The molecule has 3 N–H and O–H groups in total. The molecule has 0 fully saturated rings. The third-order valence-corrected chi connectivity index (χ3v) is 3.95. The van der Waals surface area contributed by atoms with Crippen molar-refractivity contribution in [1.82, 2.24) is 5.43 Å². The Kier molecular flexibility index (Phi) is 6.06. The van der Waals surface area contributed by atoms with E-state index in [-0.39, 0.29) is 6.04 Å². The van der Waals surface area contributed by atoms with Crippen LogP contribution in [-0.4, -0.2) is 6.61 Å². The zero-order valence-corrected chi connectivity index (χ0v) is 14.1. The summed E-state index contributed by atoms with van der Waals surface area (Å²) in [6, 6.07) is 13.5. The lowest BCUT2D eigenvalue weighted by Gasteiger charge is -2.19. The number of benzene rings is 2. The molecule has 0 aliphatic rings. The molecule has 0 amide bonds. The van der Waals surface area contributed by atoms with Gasteiger partial charge in [-0.2, -0.15) is 0 Å². The largest absolute Gasteiger partial charge is 0.494 e. The number of rotatable bonds is 6. The highest BCUT2D eigenvalue weighted by Gasteiger charge is 2.15. The van der Waals surface area contributed by atoms with Crippen LogP contribution in [0.2, 0.25) is 5.02 Å². The molecule has 0 aliphatic heterocycles. The highest BCUT2D eigenvalue weighted by atomic mass is 79.9. The maximum absolute atomic E-state index is 6.30. The van der Waals surface area contributed by atoms with E-state index < -0.39 is 0 Å². The minimum Gasteiger partial charge on any atom is -0.494 e. The number of hydrogen-bond acceptors (Lipinski definition) is 3. The molecule has 0 radical (unpaired) electrons. The van der Waals surface area contributed by atoms with Crippen molar-refractivity contribution in [2.24, 2.45) is 5.84 Å². The summed E-state index contributed by atoms with van der Waals surface area (Å²) < 4.78 is 6.52. The molecule has 2 aromatic rings. The first-order valence-corrected chi connectivity index (χ1v) is 7.96. The van der Waals surface area contributed by atoms with E-state index in [1.807, 2.05) is 42.5 Å². The standard InChI is InChI=1S/C16H18BrClN2O/c1-2-9-21-13-6-3-11(4-7-13)16(20-19)14-8-5-12(17)10-15(14)18/h3-8,10,16,20H,2,9,19H2,1H3. The Morgan fingerprint density at radius 2 is 1.95 bits per heavy atom. The zero-order chi connectivity index (χ0) is 15.2. The Hall–Kier alpha value is -1.07. The van der Waals surface area contributed by atoms with Gasteiger partial charge in [0, 0.05) is 9.50 Å². The molecule has 5 heteroatoms. The SMILES string of the molecule is CCCOc1ccc(C(NN)c2ccc(Br)cc2Cl)cc1. The second kappa shape index (κ2) is 7.80. The molecular formula is C16H18BrClN2O.